The highest BCUT2D eigenvalue weighted by atomic mass is 79.9. The molecule has 0 unspecified atom stereocenters. The van der Waals surface area contributed by atoms with Gasteiger partial charge in [0.25, 0.3) is 5.91 Å². The lowest BCUT2D eigenvalue weighted by molar-refractivity contribution is -0.123. The average molecular weight is 388 g/mol. The van der Waals surface area contributed by atoms with Gasteiger partial charge in [-0.25, -0.2) is 14.6 Å². The maximum atomic E-state index is 12.0. The third-order valence-electron chi connectivity index (χ3n) is 3.16. The van der Waals surface area contributed by atoms with Gasteiger partial charge in [0.05, 0.1) is 0 Å². The fourth-order valence-corrected chi connectivity index (χ4v) is 2.28. The summed E-state index contributed by atoms with van der Waals surface area (Å²) in [4.78, 5) is 20.1. The molecular weight excluding hydrogens is 374 g/mol. The zero-order valence-electron chi connectivity index (χ0n) is 12.6. The van der Waals surface area contributed by atoms with Crippen LogP contribution in [0.2, 0.25) is 0 Å². The molecule has 0 fully saturated rings. The minimum Gasteiger partial charge on any atom is -0.484 e. The lowest BCUT2D eigenvalue weighted by Crippen LogP contribution is -2.29. The molecule has 0 radical (unpaired) electrons. The van der Waals surface area contributed by atoms with Crippen LogP contribution in [0, 0.1) is 0 Å². The van der Waals surface area contributed by atoms with E-state index in [-0.39, 0.29) is 12.5 Å². The summed E-state index contributed by atoms with van der Waals surface area (Å²) in [6, 6.07) is 11.0. The second kappa shape index (κ2) is 7.69. The van der Waals surface area contributed by atoms with Crippen molar-refractivity contribution in [2.24, 2.45) is 0 Å². The Bertz CT molecular complexity index is 806. The molecule has 2 heterocycles. The molecular formula is C16H14BrN5O2. The molecule has 1 N–H and O–H groups in total. The normalized spacial score (nSPS) is 10.4. The lowest BCUT2D eigenvalue weighted by Gasteiger charge is -2.10. The summed E-state index contributed by atoms with van der Waals surface area (Å²) in [7, 11) is 0. The van der Waals surface area contributed by atoms with Crippen molar-refractivity contribution in [2.45, 2.75) is 6.54 Å². The summed E-state index contributed by atoms with van der Waals surface area (Å²) < 4.78 is 7.95. The number of nitrogens with one attached hydrogen (secondary N) is 1. The number of rotatable bonds is 6. The van der Waals surface area contributed by atoms with Crippen molar-refractivity contribution in [1.29, 1.82) is 0 Å². The number of amides is 1. The molecule has 0 aliphatic rings. The van der Waals surface area contributed by atoms with E-state index in [4.69, 9.17) is 4.74 Å². The van der Waals surface area contributed by atoms with E-state index in [9.17, 15) is 4.79 Å². The van der Waals surface area contributed by atoms with Crippen molar-refractivity contribution in [3.8, 4) is 11.6 Å². The van der Waals surface area contributed by atoms with E-state index in [1.165, 1.54) is 6.33 Å². The monoisotopic (exact) mass is 387 g/mol. The van der Waals surface area contributed by atoms with E-state index >= 15 is 0 Å². The predicted molar refractivity (Wildman–Crippen MR) is 90.6 cm³/mol. The van der Waals surface area contributed by atoms with Crippen molar-refractivity contribution in [1.82, 2.24) is 25.1 Å². The largest absolute Gasteiger partial charge is 0.484 e. The molecule has 0 saturated carbocycles. The number of aromatic nitrogens is 4. The minimum absolute atomic E-state index is 0.0550. The number of halogens is 1. The number of pyridine rings is 1. The summed E-state index contributed by atoms with van der Waals surface area (Å²) in [5, 5.41) is 6.87. The third kappa shape index (κ3) is 4.17. The summed E-state index contributed by atoms with van der Waals surface area (Å²) >= 11 is 3.35. The maximum absolute atomic E-state index is 12.0. The number of hydrogen-bond acceptors (Lipinski definition) is 5. The van der Waals surface area contributed by atoms with E-state index in [1.807, 2.05) is 18.2 Å². The molecule has 1 aromatic carbocycles. The smallest absolute Gasteiger partial charge is 0.258 e. The first kappa shape index (κ1) is 16.1. The molecule has 0 aliphatic carbocycles. The molecule has 2 aromatic heterocycles. The number of carbonyl (C=O) groups excluding carboxylic acids is 1. The van der Waals surface area contributed by atoms with Gasteiger partial charge in [0.2, 0.25) is 0 Å². The van der Waals surface area contributed by atoms with Gasteiger partial charge in [-0.1, -0.05) is 22.0 Å². The van der Waals surface area contributed by atoms with Gasteiger partial charge >= 0.3 is 0 Å². The highest BCUT2D eigenvalue weighted by Crippen LogP contribution is 2.16. The Balaban J connectivity index is 1.56. The molecule has 122 valence electrons. The number of nitrogens with zero attached hydrogens (tertiary/aromatic N) is 4. The zero-order valence-corrected chi connectivity index (χ0v) is 14.2. The zero-order chi connectivity index (χ0) is 16.8. The molecule has 8 heteroatoms. The van der Waals surface area contributed by atoms with Gasteiger partial charge < -0.3 is 10.1 Å². The van der Waals surface area contributed by atoms with Crippen LogP contribution in [0.25, 0.3) is 5.82 Å². The Labute approximate surface area is 146 Å². The Kier molecular flexibility index (Phi) is 5.17. The fraction of sp³-hybridized carbons (Fsp3) is 0.125. The van der Waals surface area contributed by atoms with Crippen molar-refractivity contribution in [3.05, 3.63) is 65.3 Å². The fourth-order valence-electron chi connectivity index (χ4n) is 2.02. The summed E-state index contributed by atoms with van der Waals surface area (Å²) in [5.41, 5.74) is 0.833. The molecule has 0 atom stereocenters. The van der Waals surface area contributed by atoms with Crippen LogP contribution in [0.15, 0.2) is 59.7 Å². The van der Waals surface area contributed by atoms with Crippen molar-refractivity contribution in [3.63, 3.8) is 0 Å². The Hall–Kier alpha value is -2.74. The van der Waals surface area contributed by atoms with E-state index in [0.29, 0.717) is 18.1 Å². The lowest BCUT2D eigenvalue weighted by atomic mass is 10.2. The highest BCUT2D eigenvalue weighted by molar-refractivity contribution is 9.10. The predicted octanol–water partition coefficient (Wildman–Crippen LogP) is 2.12. The van der Waals surface area contributed by atoms with Crippen molar-refractivity contribution < 1.29 is 9.53 Å². The first-order chi connectivity index (χ1) is 11.7. The van der Waals surface area contributed by atoms with E-state index in [1.54, 1.807) is 35.4 Å². The number of ether oxygens (including phenoxy) is 1. The van der Waals surface area contributed by atoms with Gasteiger partial charge in [0.15, 0.2) is 12.4 Å². The summed E-state index contributed by atoms with van der Waals surface area (Å²) in [5.74, 6) is 1.05. The van der Waals surface area contributed by atoms with Crippen LogP contribution in [-0.2, 0) is 11.3 Å². The number of hydrogen-bond donors (Lipinski definition) is 1. The minimum atomic E-state index is -0.216. The van der Waals surface area contributed by atoms with Crippen LogP contribution >= 0.6 is 15.9 Å². The Morgan fingerprint density at radius 1 is 1.25 bits per heavy atom. The molecule has 24 heavy (non-hydrogen) atoms. The maximum Gasteiger partial charge on any atom is 0.258 e. The van der Waals surface area contributed by atoms with Crippen molar-refractivity contribution >= 4 is 21.8 Å². The first-order valence-corrected chi connectivity index (χ1v) is 7.95. The second-order valence-electron chi connectivity index (χ2n) is 4.85. The SMILES string of the molecule is O=C(COc1ccc(Br)cc1)NCc1cccnc1-n1cncn1. The third-order valence-corrected chi connectivity index (χ3v) is 3.69. The molecule has 0 saturated heterocycles. The molecule has 7 nitrogen and oxygen atoms in total. The Morgan fingerprint density at radius 2 is 2.08 bits per heavy atom. The molecule has 3 rings (SSSR count). The van der Waals surface area contributed by atoms with E-state index < -0.39 is 0 Å². The van der Waals surface area contributed by atoms with Gasteiger partial charge in [-0.15, -0.1) is 0 Å². The van der Waals surface area contributed by atoms with Gasteiger partial charge in [0.1, 0.15) is 18.4 Å². The molecule has 0 aliphatic heterocycles. The molecule has 3 aromatic rings. The van der Waals surface area contributed by atoms with E-state index in [0.717, 1.165) is 10.0 Å². The topological polar surface area (TPSA) is 81.9 Å². The standard InChI is InChI=1S/C16H14BrN5O2/c17-13-3-5-14(6-4-13)24-9-15(23)20-8-12-2-1-7-19-16(12)22-11-18-10-21-22/h1-7,10-11H,8-9H2,(H,20,23). The van der Waals surface area contributed by atoms with Crippen LogP contribution in [0.5, 0.6) is 5.75 Å². The average Bonchev–Trinajstić information content (AvgIpc) is 3.14. The van der Waals surface area contributed by atoms with Crippen LogP contribution < -0.4 is 10.1 Å². The quantitative estimate of drug-likeness (QED) is 0.700. The summed E-state index contributed by atoms with van der Waals surface area (Å²) in [6.07, 6.45) is 4.66. The van der Waals surface area contributed by atoms with E-state index in [2.05, 4.69) is 36.3 Å². The summed E-state index contributed by atoms with van der Waals surface area (Å²) in [6.45, 7) is 0.270. The van der Waals surface area contributed by atoms with Crippen molar-refractivity contribution in [2.75, 3.05) is 6.61 Å². The molecule has 0 bridgehead atoms. The van der Waals surface area contributed by atoms with Crippen LogP contribution in [0.1, 0.15) is 5.56 Å². The second-order valence-corrected chi connectivity index (χ2v) is 5.76. The van der Waals surface area contributed by atoms with Crippen LogP contribution in [0.4, 0.5) is 0 Å². The van der Waals surface area contributed by atoms with Crippen LogP contribution in [0.3, 0.4) is 0 Å². The van der Waals surface area contributed by atoms with Gasteiger partial charge in [-0.3, -0.25) is 4.79 Å². The number of carbonyl (C=O) groups is 1. The highest BCUT2D eigenvalue weighted by Gasteiger charge is 2.08. The van der Waals surface area contributed by atoms with Gasteiger partial charge in [-0.2, -0.15) is 5.10 Å². The Morgan fingerprint density at radius 3 is 2.83 bits per heavy atom. The molecule has 1 amide bonds. The van der Waals surface area contributed by atoms with Gasteiger partial charge in [0, 0.05) is 22.8 Å². The van der Waals surface area contributed by atoms with Crippen LogP contribution in [-0.4, -0.2) is 32.3 Å². The molecule has 0 spiro atoms. The van der Waals surface area contributed by atoms with Gasteiger partial charge in [-0.05, 0) is 30.3 Å². The number of benzene rings is 1. The first-order valence-electron chi connectivity index (χ1n) is 7.16.